The van der Waals surface area contributed by atoms with Gasteiger partial charge in [0.1, 0.15) is 25.6 Å². The molecule has 0 aromatic heterocycles. The van der Waals surface area contributed by atoms with E-state index in [0.717, 1.165) is 55.4 Å². The minimum Gasteiger partial charge on any atom is -0.491 e. The number of para-hydroxylation sites is 1. The third-order valence-corrected chi connectivity index (χ3v) is 14.8. The van der Waals surface area contributed by atoms with Gasteiger partial charge in [-0.1, -0.05) is 43.9 Å². The highest BCUT2D eigenvalue weighted by molar-refractivity contribution is 5.76. The summed E-state index contributed by atoms with van der Waals surface area (Å²) in [4.78, 5) is 38.9. The number of carbonyl (C=O) groups is 3. The molecule has 1 aromatic rings. The fourth-order valence-electron chi connectivity index (χ4n) is 9.12. The predicted octanol–water partition coefficient (Wildman–Crippen LogP) is 4.09. The topological polar surface area (TPSA) is 327 Å². The minimum atomic E-state index is -0.257. The Kier molecular flexibility index (Phi) is 80.5. The third kappa shape index (κ3) is 77.5. The molecule has 0 aliphatic rings. The lowest BCUT2D eigenvalue weighted by Gasteiger charge is -2.22. The largest absolute Gasteiger partial charge is 0.491 e. The fourth-order valence-corrected chi connectivity index (χ4v) is 9.12. The van der Waals surface area contributed by atoms with Crippen LogP contribution in [-0.4, -0.2) is 384 Å². The number of aryl methyl sites for hydroxylation is 2. The number of unbranched alkanes of at least 4 members (excludes halogenated alkanes) is 5. The summed E-state index contributed by atoms with van der Waals surface area (Å²) in [6.45, 7) is 29.3. The molecule has 32 heteroatoms. The zero-order chi connectivity index (χ0) is 77.0. The lowest BCUT2D eigenvalue weighted by Crippen LogP contribution is -2.39. The Balaban J connectivity index is 1.67. The van der Waals surface area contributed by atoms with E-state index >= 15 is 0 Å². The molecule has 630 valence electrons. The van der Waals surface area contributed by atoms with Crippen LogP contribution in [0.25, 0.3) is 0 Å². The zero-order valence-electron chi connectivity index (χ0n) is 65.7. The first kappa shape index (κ1) is 101. The molecule has 0 aliphatic heterocycles. The second-order valence-corrected chi connectivity index (χ2v) is 23.8. The summed E-state index contributed by atoms with van der Waals surface area (Å²) in [6, 6.07) is 5.80. The smallest absolute Gasteiger partial charge is 0.305 e. The van der Waals surface area contributed by atoms with Crippen molar-refractivity contribution in [2.45, 2.75) is 84.6 Å². The van der Waals surface area contributed by atoms with Crippen LogP contribution >= 0.6 is 0 Å². The van der Waals surface area contributed by atoms with Crippen molar-refractivity contribution in [3.05, 3.63) is 29.3 Å². The van der Waals surface area contributed by atoms with Gasteiger partial charge in [0.15, 0.2) is 0 Å². The molecule has 1 rings (SSSR count). The van der Waals surface area contributed by atoms with E-state index in [0.29, 0.717) is 336 Å². The quantitative estimate of drug-likeness (QED) is 0.0685. The Morgan fingerprint density at radius 2 is 0.570 bits per heavy atom. The van der Waals surface area contributed by atoms with E-state index < -0.39 is 0 Å². The Hall–Kier alpha value is -3.57. The zero-order valence-corrected chi connectivity index (χ0v) is 65.7. The molecular weight excluding hydrogens is 1410 g/mol. The number of benzene rings is 1. The van der Waals surface area contributed by atoms with Crippen LogP contribution in [0.2, 0.25) is 0 Å². The fraction of sp³-hybridized carbons (Fsp3) is 0.880. The summed E-state index contributed by atoms with van der Waals surface area (Å²) in [7, 11) is 1.64. The number of methoxy groups -OCH3 is 1. The second-order valence-electron chi connectivity index (χ2n) is 23.8. The summed E-state index contributed by atoms with van der Waals surface area (Å²) >= 11 is 0. The van der Waals surface area contributed by atoms with Gasteiger partial charge < -0.3 is 134 Å². The van der Waals surface area contributed by atoms with Crippen LogP contribution in [0.3, 0.4) is 0 Å². The molecule has 1 amide bonds. The van der Waals surface area contributed by atoms with Crippen LogP contribution in [0, 0.1) is 13.8 Å². The van der Waals surface area contributed by atoms with E-state index in [-0.39, 0.29) is 50.1 Å². The molecule has 0 fully saturated rings. The number of aliphatic hydroxyl groups is 1. The number of hydrogen-bond donors (Lipinski definition) is 2. The summed E-state index contributed by atoms with van der Waals surface area (Å²) in [6.07, 6.45) is 6.15. The molecule has 0 radical (unpaired) electrons. The van der Waals surface area contributed by atoms with Gasteiger partial charge in [0.25, 0.3) is 0 Å². The third-order valence-electron chi connectivity index (χ3n) is 14.8. The molecule has 2 N–H and O–H groups in total. The monoisotopic (exact) mass is 1550 g/mol. The van der Waals surface area contributed by atoms with Crippen LogP contribution in [0.5, 0.6) is 5.75 Å². The molecule has 107 heavy (non-hydrogen) atoms. The Bertz CT molecular complexity index is 2000. The van der Waals surface area contributed by atoms with Gasteiger partial charge in [-0.05, 0) is 44.7 Å². The molecule has 1 atom stereocenters. The first-order chi connectivity index (χ1) is 52.8. The molecule has 0 saturated carbocycles. The highest BCUT2D eigenvalue weighted by Gasteiger charge is 2.14. The van der Waals surface area contributed by atoms with E-state index in [4.69, 9.17) is 123 Å². The Morgan fingerprint density at radius 1 is 0.327 bits per heavy atom. The van der Waals surface area contributed by atoms with E-state index in [1.807, 2.05) is 43.9 Å². The SMILES string of the molecule is COCCOCCOCCOCCOCCOCCOCCOCCOCCOCCOCCOCCOCCOCCOCCOCCOCCOCCOCCOCCOCCOCCOCCOC(=O)CCCCCCCCC(=O)OCCN(CCO)CCC(=O)N[C@H](C)COc1c(C)cccc1C. The molecule has 0 saturated heterocycles. The van der Waals surface area contributed by atoms with Gasteiger partial charge in [0, 0.05) is 46.0 Å². The van der Waals surface area contributed by atoms with E-state index in [9.17, 15) is 19.5 Å². The number of nitrogens with zero attached hydrogens (tertiary/aromatic N) is 1. The maximum atomic E-state index is 12.6. The average Bonchev–Trinajstić information content (AvgIpc) is 0.872. The highest BCUT2D eigenvalue weighted by Crippen LogP contribution is 2.22. The minimum absolute atomic E-state index is 0.0594. The average molecular weight is 1550 g/mol. The van der Waals surface area contributed by atoms with Gasteiger partial charge in [-0.25, -0.2) is 0 Å². The summed E-state index contributed by atoms with van der Waals surface area (Å²) in [5.74, 6) is 0.232. The van der Waals surface area contributed by atoms with E-state index in [2.05, 4.69) is 5.32 Å². The normalized spacial score (nSPS) is 11.9. The predicted molar refractivity (Wildman–Crippen MR) is 396 cm³/mol. The van der Waals surface area contributed by atoms with Gasteiger partial charge in [0.2, 0.25) is 5.91 Å². The molecule has 0 spiro atoms. The molecular formula is C75H140N2O30. The van der Waals surface area contributed by atoms with Crippen LogP contribution in [0.4, 0.5) is 0 Å². The van der Waals surface area contributed by atoms with Crippen molar-refractivity contribution in [1.82, 2.24) is 10.2 Å². The van der Waals surface area contributed by atoms with Crippen molar-refractivity contribution in [3.8, 4) is 5.75 Å². The Labute approximate surface area is 638 Å². The van der Waals surface area contributed by atoms with Gasteiger partial charge in [-0.2, -0.15) is 0 Å². The van der Waals surface area contributed by atoms with Crippen molar-refractivity contribution < 1.29 is 143 Å². The molecule has 1 aromatic carbocycles. The Morgan fingerprint density at radius 3 is 0.832 bits per heavy atom. The van der Waals surface area contributed by atoms with Crippen LogP contribution in [-0.2, 0) is 133 Å². The molecule has 32 nitrogen and oxygen atoms in total. The molecule has 0 bridgehead atoms. The van der Waals surface area contributed by atoms with Crippen molar-refractivity contribution in [1.29, 1.82) is 0 Å². The molecule has 0 aliphatic carbocycles. The maximum absolute atomic E-state index is 12.6. The van der Waals surface area contributed by atoms with Gasteiger partial charge in [-0.15, -0.1) is 0 Å². The van der Waals surface area contributed by atoms with Crippen molar-refractivity contribution in [2.24, 2.45) is 0 Å². The number of esters is 2. The summed E-state index contributed by atoms with van der Waals surface area (Å²) < 4.78 is 143. The number of nitrogens with one attached hydrogen (secondary N) is 1. The summed E-state index contributed by atoms with van der Waals surface area (Å²) in [5.41, 5.74) is 2.10. The standard InChI is InChI=1S/C75H140N2O30/c1-69-12-11-13-70(2)75(69)107-68-71(3)76-72(79)16-17-77(18-20-78)19-21-105-73(80)14-9-7-5-6-8-10-15-74(81)106-67-66-104-65-64-103-63-62-102-61-60-101-59-58-100-57-56-99-55-54-98-53-52-97-51-50-96-49-48-95-47-46-94-45-44-93-43-42-92-41-40-91-39-38-90-37-36-89-35-34-88-33-32-87-31-30-86-29-28-85-27-26-84-25-24-83-23-22-82-4/h11-13,71,78H,5-10,14-68H2,1-4H3,(H,76,79)/t71-/m1/s1. The lowest BCUT2D eigenvalue weighted by molar-refractivity contribution is -0.146. The molecule has 0 unspecified atom stereocenters. The maximum Gasteiger partial charge on any atom is 0.305 e. The van der Waals surface area contributed by atoms with Crippen LogP contribution < -0.4 is 10.1 Å². The number of ether oxygens (including phenoxy) is 26. The van der Waals surface area contributed by atoms with Gasteiger partial charge in [-0.3, -0.25) is 19.3 Å². The summed E-state index contributed by atoms with van der Waals surface area (Å²) in [5, 5.41) is 12.5. The number of carbonyl (C=O) groups excluding carboxylic acids is 3. The van der Waals surface area contributed by atoms with Gasteiger partial charge in [0.05, 0.1) is 310 Å². The van der Waals surface area contributed by atoms with Crippen molar-refractivity contribution >= 4 is 17.8 Å². The highest BCUT2D eigenvalue weighted by atomic mass is 16.6. The first-order valence-corrected chi connectivity index (χ1v) is 38.6. The first-order valence-electron chi connectivity index (χ1n) is 38.6. The number of rotatable bonds is 90. The van der Waals surface area contributed by atoms with Crippen LogP contribution in [0.15, 0.2) is 18.2 Å². The van der Waals surface area contributed by atoms with E-state index in [1.165, 1.54) is 0 Å². The lowest BCUT2D eigenvalue weighted by atomic mass is 10.1. The number of amides is 1. The van der Waals surface area contributed by atoms with E-state index in [1.54, 1.807) is 7.11 Å². The van der Waals surface area contributed by atoms with Crippen molar-refractivity contribution in [3.63, 3.8) is 0 Å². The van der Waals surface area contributed by atoms with Crippen LogP contribution in [0.1, 0.15) is 75.8 Å². The second kappa shape index (κ2) is 84.9. The number of hydrogen-bond acceptors (Lipinski definition) is 31. The van der Waals surface area contributed by atoms with Crippen molar-refractivity contribution in [2.75, 3.05) is 350 Å². The number of aliphatic hydroxyl groups excluding tert-OH is 1. The van der Waals surface area contributed by atoms with Gasteiger partial charge >= 0.3 is 11.9 Å². The molecule has 0 heterocycles.